The van der Waals surface area contributed by atoms with E-state index >= 15 is 0 Å². The zero-order valence-electron chi connectivity index (χ0n) is 10.7. The molecular weight excluding hydrogens is 250 g/mol. The Labute approximate surface area is 112 Å². The van der Waals surface area contributed by atoms with Gasteiger partial charge >= 0.3 is 0 Å². The second kappa shape index (κ2) is 5.42. The van der Waals surface area contributed by atoms with Gasteiger partial charge in [0.1, 0.15) is 5.75 Å². The van der Waals surface area contributed by atoms with Crippen LogP contribution in [0.2, 0.25) is 5.02 Å². The highest BCUT2D eigenvalue weighted by molar-refractivity contribution is 6.32. The maximum Gasteiger partial charge on any atom is 0.137 e. The van der Waals surface area contributed by atoms with Gasteiger partial charge in [-0.15, -0.1) is 0 Å². The molecule has 0 unspecified atom stereocenters. The van der Waals surface area contributed by atoms with Gasteiger partial charge in [0, 0.05) is 19.2 Å². The summed E-state index contributed by atoms with van der Waals surface area (Å²) in [7, 11) is 5.50. The number of hydrogen-bond donors (Lipinski definition) is 1. The lowest BCUT2D eigenvalue weighted by Gasteiger charge is -2.08. The number of benzene rings is 1. The molecule has 96 valence electrons. The zero-order chi connectivity index (χ0) is 13.1. The molecule has 1 heterocycles. The van der Waals surface area contributed by atoms with E-state index < -0.39 is 0 Å². The Morgan fingerprint density at radius 1 is 1.44 bits per heavy atom. The minimum atomic E-state index is 0.594. The first-order valence-electron chi connectivity index (χ1n) is 5.66. The number of aromatic nitrogens is 2. The van der Waals surface area contributed by atoms with Crippen LogP contribution in [0.4, 0.5) is 0 Å². The summed E-state index contributed by atoms with van der Waals surface area (Å²) in [5, 5.41) is 3.73. The third kappa shape index (κ3) is 2.35. The van der Waals surface area contributed by atoms with Crippen LogP contribution in [-0.2, 0) is 13.6 Å². The summed E-state index contributed by atoms with van der Waals surface area (Å²) in [6.07, 6.45) is 1.81. The minimum absolute atomic E-state index is 0.594. The fraction of sp³-hybridized carbons (Fsp3) is 0.308. The molecule has 0 atom stereocenters. The van der Waals surface area contributed by atoms with Gasteiger partial charge in [-0.1, -0.05) is 11.6 Å². The number of rotatable bonds is 4. The van der Waals surface area contributed by atoms with Crippen LogP contribution in [0.1, 0.15) is 5.69 Å². The Bertz CT molecular complexity index is 551. The second-order valence-corrected chi connectivity index (χ2v) is 4.44. The van der Waals surface area contributed by atoms with Crippen molar-refractivity contribution in [2.24, 2.45) is 7.05 Å². The molecule has 5 heteroatoms. The number of aryl methyl sites for hydroxylation is 1. The molecule has 1 N–H and O–H groups in total. The first-order valence-corrected chi connectivity index (χ1v) is 6.04. The molecule has 2 aromatic rings. The molecule has 0 fully saturated rings. The van der Waals surface area contributed by atoms with Crippen LogP contribution in [0, 0.1) is 0 Å². The Kier molecular flexibility index (Phi) is 3.89. The van der Waals surface area contributed by atoms with E-state index in [-0.39, 0.29) is 0 Å². The lowest BCUT2D eigenvalue weighted by Crippen LogP contribution is -2.09. The van der Waals surface area contributed by atoms with Gasteiger partial charge in [0.15, 0.2) is 0 Å². The maximum atomic E-state index is 6.14. The number of imidazole rings is 1. The van der Waals surface area contributed by atoms with Gasteiger partial charge in [-0.05, 0) is 25.2 Å². The van der Waals surface area contributed by atoms with E-state index in [1.165, 1.54) is 0 Å². The fourth-order valence-corrected chi connectivity index (χ4v) is 2.14. The summed E-state index contributed by atoms with van der Waals surface area (Å²) in [5.41, 5.74) is 3.06. The molecular formula is C13H16ClN3O. The van der Waals surface area contributed by atoms with Crippen molar-refractivity contribution in [3.63, 3.8) is 0 Å². The molecule has 0 aliphatic heterocycles. The highest BCUT2D eigenvalue weighted by atomic mass is 35.5. The van der Waals surface area contributed by atoms with Crippen LogP contribution in [0.3, 0.4) is 0 Å². The van der Waals surface area contributed by atoms with Gasteiger partial charge in [-0.2, -0.15) is 0 Å². The van der Waals surface area contributed by atoms with Crippen molar-refractivity contribution in [2.75, 3.05) is 14.2 Å². The van der Waals surface area contributed by atoms with Crippen LogP contribution in [0.5, 0.6) is 5.75 Å². The Balaban J connectivity index is 2.45. The average molecular weight is 266 g/mol. The van der Waals surface area contributed by atoms with Gasteiger partial charge in [-0.25, -0.2) is 4.98 Å². The summed E-state index contributed by atoms with van der Waals surface area (Å²) in [6.45, 7) is 0.759. The number of hydrogen-bond acceptors (Lipinski definition) is 3. The summed E-state index contributed by atoms with van der Waals surface area (Å²) in [6, 6.07) is 5.70. The molecule has 0 bridgehead atoms. The predicted octanol–water partition coefficient (Wildman–Crippen LogP) is 2.47. The third-order valence-corrected chi connectivity index (χ3v) is 3.12. The summed E-state index contributed by atoms with van der Waals surface area (Å²) in [5.74, 6) is 0.673. The molecule has 0 amide bonds. The summed E-state index contributed by atoms with van der Waals surface area (Å²) in [4.78, 5) is 4.42. The molecule has 0 saturated heterocycles. The molecule has 0 saturated carbocycles. The number of methoxy groups -OCH3 is 1. The van der Waals surface area contributed by atoms with E-state index in [1.807, 2.05) is 36.9 Å². The molecule has 4 nitrogen and oxygen atoms in total. The summed E-state index contributed by atoms with van der Waals surface area (Å²) < 4.78 is 7.15. The summed E-state index contributed by atoms with van der Waals surface area (Å²) >= 11 is 6.14. The normalized spacial score (nSPS) is 10.7. The Morgan fingerprint density at radius 2 is 2.22 bits per heavy atom. The molecule has 18 heavy (non-hydrogen) atoms. The van der Waals surface area contributed by atoms with E-state index in [0.717, 1.165) is 23.5 Å². The Hall–Kier alpha value is -1.52. The molecule has 0 aliphatic rings. The quantitative estimate of drug-likeness (QED) is 0.923. The van der Waals surface area contributed by atoms with Gasteiger partial charge in [-0.3, -0.25) is 0 Å². The largest absolute Gasteiger partial charge is 0.495 e. The maximum absolute atomic E-state index is 6.14. The smallest absolute Gasteiger partial charge is 0.137 e. The van der Waals surface area contributed by atoms with Gasteiger partial charge in [0.05, 0.1) is 29.8 Å². The fourth-order valence-electron chi connectivity index (χ4n) is 1.89. The first kappa shape index (κ1) is 12.9. The van der Waals surface area contributed by atoms with Crippen molar-refractivity contribution in [1.29, 1.82) is 0 Å². The van der Waals surface area contributed by atoms with Gasteiger partial charge in [0.2, 0.25) is 0 Å². The van der Waals surface area contributed by atoms with Crippen LogP contribution in [0.25, 0.3) is 11.3 Å². The van der Waals surface area contributed by atoms with Crippen LogP contribution in [0.15, 0.2) is 24.5 Å². The van der Waals surface area contributed by atoms with E-state index in [2.05, 4.69) is 10.3 Å². The number of nitrogens with zero attached hydrogens (tertiary/aromatic N) is 2. The number of nitrogens with one attached hydrogen (secondary N) is 1. The molecule has 0 aliphatic carbocycles. The monoisotopic (exact) mass is 265 g/mol. The average Bonchev–Trinajstić information content (AvgIpc) is 2.72. The van der Waals surface area contributed by atoms with Crippen molar-refractivity contribution >= 4 is 11.6 Å². The number of ether oxygens (including phenoxy) is 1. The molecule has 0 spiro atoms. The van der Waals surface area contributed by atoms with Crippen LogP contribution in [-0.4, -0.2) is 23.7 Å². The third-order valence-electron chi connectivity index (χ3n) is 2.83. The topological polar surface area (TPSA) is 39.1 Å². The van der Waals surface area contributed by atoms with Gasteiger partial charge < -0.3 is 14.6 Å². The van der Waals surface area contributed by atoms with E-state index in [1.54, 1.807) is 13.4 Å². The highest BCUT2D eigenvalue weighted by Gasteiger charge is 2.12. The molecule has 2 rings (SSSR count). The SMILES string of the molecule is CNCc1c(-c2ccc(OC)c(Cl)c2)ncn1C. The van der Waals surface area contributed by atoms with Crippen LogP contribution < -0.4 is 10.1 Å². The molecule has 0 radical (unpaired) electrons. The van der Waals surface area contributed by atoms with Crippen molar-refractivity contribution in [1.82, 2.24) is 14.9 Å². The van der Waals surface area contributed by atoms with Crippen molar-refractivity contribution in [3.05, 3.63) is 35.2 Å². The van der Waals surface area contributed by atoms with Crippen molar-refractivity contribution in [3.8, 4) is 17.0 Å². The lowest BCUT2D eigenvalue weighted by molar-refractivity contribution is 0.415. The lowest BCUT2D eigenvalue weighted by atomic mass is 10.1. The molecule has 1 aromatic carbocycles. The zero-order valence-corrected chi connectivity index (χ0v) is 11.5. The molecule has 1 aromatic heterocycles. The van der Waals surface area contributed by atoms with E-state index in [4.69, 9.17) is 16.3 Å². The standard InChI is InChI=1S/C13H16ClN3O/c1-15-7-11-13(16-8-17(11)2)9-4-5-12(18-3)10(14)6-9/h4-6,8,15H,7H2,1-3H3. The Morgan fingerprint density at radius 3 is 2.83 bits per heavy atom. The van der Waals surface area contributed by atoms with Gasteiger partial charge in [0.25, 0.3) is 0 Å². The predicted molar refractivity (Wildman–Crippen MR) is 73.0 cm³/mol. The second-order valence-electron chi connectivity index (χ2n) is 4.03. The first-order chi connectivity index (χ1) is 8.67. The van der Waals surface area contributed by atoms with Crippen molar-refractivity contribution in [2.45, 2.75) is 6.54 Å². The van der Waals surface area contributed by atoms with Crippen molar-refractivity contribution < 1.29 is 4.74 Å². The van der Waals surface area contributed by atoms with Crippen LogP contribution >= 0.6 is 11.6 Å². The van der Waals surface area contributed by atoms with E-state index in [0.29, 0.717) is 10.8 Å². The van der Waals surface area contributed by atoms with E-state index in [9.17, 15) is 0 Å². The number of halogens is 1. The highest BCUT2D eigenvalue weighted by Crippen LogP contribution is 2.30. The minimum Gasteiger partial charge on any atom is -0.495 e.